The molecule has 0 fully saturated rings. The predicted molar refractivity (Wildman–Crippen MR) is 100 cm³/mol. The number of likely N-dealkylation sites (N-methyl/N-ethyl adjacent to an activating group) is 1. The van der Waals surface area contributed by atoms with Crippen molar-refractivity contribution in [3.63, 3.8) is 0 Å². The highest BCUT2D eigenvalue weighted by atomic mass is 16.3. The zero-order valence-electron chi connectivity index (χ0n) is 15.9. The largest absolute Gasteiger partial charge is 0.465 e. The molecule has 2 heterocycles. The molecule has 0 aliphatic carbocycles. The summed E-state index contributed by atoms with van der Waals surface area (Å²) in [5.74, 6) is 2.43. The van der Waals surface area contributed by atoms with Crippen LogP contribution >= 0.6 is 0 Å². The highest BCUT2D eigenvalue weighted by Gasteiger charge is 2.19. The number of oxazole rings is 1. The number of hydrogen-bond acceptors (Lipinski definition) is 5. The minimum absolute atomic E-state index is 0.0315. The Balaban J connectivity index is 1.73. The van der Waals surface area contributed by atoms with E-state index in [1.165, 1.54) is 0 Å². The van der Waals surface area contributed by atoms with Crippen LogP contribution in [0.5, 0.6) is 0 Å². The van der Waals surface area contributed by atoms with Gasteiger partial charge >= 0.3 is 0 Å². The Kier molecular flexibility index (Phi) is 5.13. The molecule has 0 aliphatic heterocycles. The molecule has 1 aromatic carbocycles. The molecule has 1 amide bonds. The van der Waals surface area contributed by atoms with Crippen molar-refractivity contribution in [2.24, 2.45) is 0 Å². The van der Waals surface area contributed by atoms with Gasteiger partial charge in [0.1, 0.15) is 17.0 Å². The summed E-state index contributed by atoms with van der Waals surface area (Å²) in [6, 6.07) is 9.16. The average molecular weight is 355 g/mol. The molecule has 1 N–H and O–H groups in total. The smallest absolute Gasteiger partial charge is 0.251 e. The maximum Gasteiger partial charge on any atom is 0.251 e. The molecule has 0 unspecified atom stereocenters. The van der Waals surface area contributed by atoms with E-state index in [0.29, 0.717) is 29.1 Å². The van der Waals surface area contributed by atoms with E-state index in [-0.39, 0.29) is 17.9 Å². The summed E-state index contributed by atoms with van der Waals surface area (Å²) >= 11 is 0. The van der Waals surface area contributed by atoms with Crippen molar-refractivity contribution >= 4 is 17.0 Å². The van der Waals surface area contributed by atoms with Gasteiger partial charge in [-0.25, -0.2) is 4.98 Å². The molecule has 3 aromatic rings. The van der Waals surface area contributed by atoms with E-state index in [0.717, 1.165) is 11.5 Å². The van der Waals surface area contributed by atoms with Gasteiger partial charge in [-0.05, 0) is 51.4 Å². The third-order valence-electron chi connectivity index (χ3n) is 4.33. The summed E-state index contributed by atoms with van der Waals surface area (Å²) in [7, 11) is 3.92. The maximum absolute atomic E-state index is 12.6. The number of rotatable bonds is 6. The number of fused-ring (bicyclic) bond motifs is 1. The van der Waals surface area contributed by atoms with Crippen LogP contribution in [0.3, 0.4) is 0 Å². The molecule has 0 saturated heterocycles. The molecule has 0 bridgehead atoms. The Labute approximate surface area is 153 Å². The molecule has 138 valence electrons. The second kappa shape index (κ2) is 7.33. The van der Waals surface area contributed by atoms with Crippen LogP contribution in [0.15, 0.2) is 39.2 Å². The number of amides is 1. The number of aromatic nitrogens is 1. The van der Waals surface area contributed by atoms with Crippen LogP contribution in [0.2, 0.25) is 0 Å². The minimum atomic E-state index is -0.142. The third-order valence-corrected chi connectivity index (χ3v) is 4.33. The Morgan fingerprint density at radius 2 is 1.96 bits per heavy atom. The first kappa shape index (κ1) is 18.2. The Hall–Kier alpha value is -2.60. The van der Waals surface area contributed by atoms with Gasteiger partial charge in [-0.2, -0.15) is 0 Å². The van der Waals surface area contributed by atoms with Gasteiger partial charge in [0.15, 0.2) is 11.5 Å². The summed E-state index contributed by atoms with van der Waals surface area (Å²) in [6.45, 7) is 6.41. The standard InChI is InChI=1S/C20H25N3O3/c1-12(2)20-22-15-10-14(7-9-17(15)26-20)19(24)21-11-16(23(4)5)18-8-6-13(3)25-18/h6-10,12,16H,11H2,1-5H3,(H,21,24)/t16-/m0/s1. The quantitative estimate of drug-likeness (QED) is 0.726. The fourth-order valence-corrected chi connectivity index (χ4v) is 2.80. The lowest BCUT2D eigenvalue weighted by Crippen LogP contribution is -2.34. The summed E-state index contributed by atoms with van der Waals surface area (Å²) < 4.78 is 11.4. The Bertz CT molecular complexity index is 908. The van der Waals surface area contributed by atoms with E-state index in [1.54, 1.807) is 18.2 Å². The van der Waals surface area contributed by atoms with Crippen LogP contribution in [0.25, 0.3) is 11.1 Å². The van der Waals surface area contributed by atoms with Gasteiger partial charge in [0.2, 0.25) is 0 Å². The van der Waals surface area contributed by atoms with Crippen molar-refractivity contribution in [1.29, 1.82) is 0 Å². The Morgan fingerprint density at radius 1 is 1.19 bits per heavy atom. The van der Waals surface area contributed by atoms with Gasteiger partial charge in [-0.3, -0.25) is 9.69 Å². The van der Waals surface area contributed by atoms with E-state index in [1.807, 2.05) is 51.9 Å². The second-order valence-electron chi connectivity index (χ2n) is 7.03. The monoisotopic (exact) mass is 355 g/mol. The fraction of sp³-hybridized carbons (Fsp3) is 0.400. The molecule has 0 spiro atoms. The molecule has 0 radical (unpaired) electrons. The van der Waals surface area contributed by atoms with E-state index in [4.69, 9.17) is 8.83 Å². The molecule has 0 aliphatic rings. The number of carbonyl (C=O) groups excluding carboxylic acids is 1. The zero-order valence-corrected chi connectivity index (χ0v) is 15.9. The van der Waals surface area contributed by atoms with Crippen molar-refractivity contribution in [2.45, 2.75) is 32.7 Å². The van der Waals surface area contributed by atoms with Gasteiger partial charge in [0.25, 0.3) is 5.91 Å². The number of carbonyl (C=O) groups is 1. The van der Waals surface area contributed by atoms with Crippen LogP contribution < -0.4 is 5.32 Å². The number of aryl methyl sites for hydroxylation is 1. The molecule has 2 aromatic heterocycles. The summed E-state index contributed by atoms with van der Waals surface area (Å²) in [5.41, 5.74) is 1.96. The molecule has 6 nitrogen and oxygen atoms in total. The van der Waals surface area contributed by atoms with Crippen LogP contribution in [-0.2, 0) is 0 Å². The van der Waals surface area contributed by atoms with Crippen molar-refractivity contribution in [1.82, 2.24) is 15.2 Å². The van der Waals surface area contributed by atoms with Crippen molar-refractivity contribution in [3.8, 4) is 0 Å². The summed E-state index contributed by atoms with van der Waals surface area (Å²) in [5, 5.41) is 2.98. The maximum atomic E-state index is 12.6. The van der Waals surface area contributed by atoms with Crippen molar-refractivity contribution in [2.75, 3.05) is 20.6 Å². The first-order chi connectivity index (χ1) is 12.3. The first-order valence-electron chi connectivity index (χ1n) is 8.76. The molecule has 0 saturated carbocycles. The summed E-state index contributed by atoms with van der Waals surface area (Å²) in [4.78, 5) is 19.1. The lowest BCUT2D eigenvalue weighted by Gasteiger charge is -2.22. The number of nitrogens with zero attached hydrogens (tertiary/aromatic N) is 2. The van der Waals surface area contributed by atoms with E-state index in [2.05, 4.69) is 10.3 Å². The summed E-state index contributed by atoms with van der Waals surface area (Å²) in [6.07, 6.45) is 0. The Morgan fingerprint density at radius 3 is 2.58 bits per heavy atom. The number of hydrogen-bond donors (Lipinski definition) is 1. The second-order valence-corrected chi connectivity index (χ2v) is 7.03. The molecule has 26 heavy (non-hydrogen) atoms. The van der Waals surface area contributed by atoms with Crippen LogP contribution in [-0.4, -0.2) is 36.4 Å². The van der Waals surface area contributed by atoms with Gasteiger partial charge in [0.05, 0.1) is 6.04 Å². The molecule has 6 heteroatoms. The zero-order chi connectivity index (χ0) is 18.8. The van der Waals surface area contributed by atoms with Crippen molar-refractivity contribution < 1.29 is 13.6 Å². The average Bonchev–Trinajstić information content (AvgIpc) is 3.20. The van der Waals surface area contributed by atoms with Crippen LogP contribution in [0.4, 0.5) is 0 Å². The number of furan rings is 1. The van der Waals surface area contributed by atoms with Gasteiger partial charge in [-0.15, -0.1) is 0 Å². The van der Waals surface area contributed by atoms with E-state index < -0.39 is 0 Å². The third kappa shape index (κ3) is 3.80. The van der Waals surface area contributed by atoms with Gasteiger partial charge < -0.3 is 14.2 Å². The SMILES string of the molecule is Cc1ccc([C@H](CNC(=O)c2ccc3oc(C(C)C)nc3c2)N(C)C)o1. The van der Waals surface area contributed by atoms with E-state index >= 15 is 0 Å². The topological polar surface area (TPSA) is 71.5 Å². The van der Waals surface area contributed by atoms with Gasteiger partial charge in [0, 0.05) is 18.0 Å². The number of nitrogens with one attached hydrogen (secondary N) is 1. The lowest BCUT2D eigenvalue weighted by atomic mass is 10.1. The lowest BCUT2D eigenvalue weighted by molar-refractivity contribution is 0.0939. The molecule has 3 rings (SSSR count). The predicted octanol–water partition coefficient (Wildman–Crippen LogP) is 3.89. The van der Waals surface area contributed by atoms with E-state index in [9.17, 15) is 4.79 Å². The molecular formula is C20H25N3O3. The minimum Gasteiger partial charge on any atom is -0.465 e. The molecule has 1 atom stereocenters. The number of benzene rings is 1. The van der Waals surface area contributed by atoms with Crippen LogP contribution in [0, 0.1) is 6.92 Å². The fourth-order valence-electron chi connectivity index (χ4n) is 2.80. The highest BCUT2D eigenvalue weighted by Crippen LogP contribution is 2.23. The highest BCUT2D eigenvalue weighted by molar-refractivity contribution is 5.97. The first-order valence-corrected chi connectivity index (χ1v) is 8.76. The van der Waals surface area contributed by atoms with Crippen LogP contribution in [0.1, 0.15) is 53.6 Å². The van der Waals surface area contributed by atoms with Crippen molar-refractivity contribution in [3.05, 3.63) is 53.3 Å². The molecular weight excluding hydrogens is 330 g/mol. The normalized spacial score (nSPS) is 12.9. The van der Waals surface area contributed by atoms with Gasteiger partial charge in [-0.1, -0.05) is 13.8 Å².